The van der Waals surface area contributed by atoms with E-state index >= 15 is 0 Å². The fourth-order valence-electron chi connectivity index (χ4n) is 2.52. The number of nitro groups is 1. The molecule has 1 unspecified atom stereocenters. The Bertz CT molecular complexity index is 524. The van der Waals surface area contributed by atoms with E-state index in [1.807, 2.05) is 20.8 Å². The summed E-state index contributed by atoms with van der Waals surface area (Å²) in [6.45, 7) is 6.85. The Morgan fingerprint density at radius 3 is 2.50 bits per heavy atom. The van der Waals surface area contributed by atoms with Gasteiger partial charge in [-0.1, -0.05) is 0 Å². The van der Waals surface area contributed by atoms with Crippen molar-refractivity contribution in [2.75, 3.05) is 13.1 Å². The molecule has 1 aromatic rings. The molecule has 0 N–H and O–H groups in total. The molecular formula is C14H18N2O4. The SMILES string of the molecule is CC1CN(C(=O)c2ccc([N+](=O)[O-])cc2)CC(C)(C)O1. The van der Waals surface area contributed by atoms with Crippen molar-refractivity contribution in [2.45, 2.75) is 32.5 Å². The van der Waals surface area contributed by atoms with Crippen molar-refractivity contribution in [3.63, 3.8) is 0 Å². The maximum atomic E-state index is 12.4. The monoisotopic (exact) mass is 278 g/mol. The molecule has 1 atom stereocenters. The summed E-state index contributed by atoms with van der Waals surface area (Å²) in [5, 5.41) is 10.6. The molecule has 20 heavy (non-hydrogen) atoms. The van der Waals surface area contributed by atoms with Crippen LogP contribution in [0.4, 0.5) is 5.69 Å². The van der Waals surface area contributed by atoms with Crippen molar-refractivity contribution in [2.24, 2.45) is 0 Å². The molecule has 0 aromatic heterocycles. The quantitative estimate of drug-likeness (QED) is 0.614. The highest BCUT2D eigenvalue weighted by atomic mass is 16.6. The highest BCUT2D eigenvalue weighted by molar-refractivity contribution is 5.94. The molecule has 0 aliphatic carbocycles. The lowest BCUT2D eigenvalue weighted by Crippen LogP contribution is -2.53. The summed E-state index contributed by atoms with van der Waals surface area (Å²) in [5.74, 6) is -0.122. The van der Waals surface area contributed by atoms with Crippen molar-refractivity contribution < 1.29 is 14.5 Å². The van der Waals surface area contributed by atoms with E-state index in [0.29, 0.717) is 18.7 Å². The molecule has 108 valence electrons. The van der Waals surface area contributed by atoms with Gasteiger partial charge in [-0.15, -0.1) is 0 Å². The van der Waals surface area contributed by atoms with Gasteiger partial charge in [-0.25, -0.2) is 0 Å². The van der Waals surface area contributed by atoms with Gasteiger partial charge in [0.05, 0.1) is 16.6 Å². The minimum absolute atomic E-state index is 0.0165. The molecule has 6 nitrogen and oxygen atoms in total. The number of morpholine rings is 1. The Kier molecular flexibility index (Phi) is 3.76. The Morgan fingerprint density at radius 1 is 1.40 bits per heavy atom. The smallest absolute Gasteiger partial charge is 0.269 e. The van der Waals surface area contributed by atoms with Gasteiger partial charge < -0.3 is 9.64 Å². The van der Waals surface area contributed by atoms with Crippen LogP contribution in [0.25, 0.3) is 0 Å². The number of amides is 1. The van der Waals surface area contributed by atoms with E-state index in [-0.39, 0.29) is 23.3 Å². The van der Waals surface area contributed by atoms with Crippen molar-refractivity contribution in [3.05, 3.63) is 39.9 Å². The minimum atomic E-state index is -0.478. The lowest BCUT2D eigenvalue weighted by atomic mass is 10.0. The van der Waals surface area contributed by atoms with Crippen LogP contribution < -0.4 is 0 Å². The molecule has 1 aliphatic rings. The highest BCUT2D eigenvalue weighted by Crippen LogP contribution is 2.23. The van der Waals surface area contributed by atoms with Crippen LogP contribution in [0.15, 0.2) is 24.3 Å². The van der Waals surface area contributed by atoms with Gasteiger partial charge in [0.25, 0.3) is 11.6 Å². The number of hydrogen-bond donors (Lipinski definition) is 0. The number of rotatable bonds is 2. The summed E-state index contributed by atoms with van der Waals surface area (Å²) in [6, 6.07) is 5.69. The van der Waals surface area contributed by atoms with Crippen LogP contribution in [0.3, 0.4) is 0 Å². The number of hydrogen-bond acceptors (Lipinski definition) is 4. The van der Waals surface area contributed by atoms with Crippen LogP contribution in [-0.4, -0.2) is 40.5 Å². The molecule has 0 spiro atoms. The Morgan fingerprint density at radius 2 is 2.00 bits per heavy atom. The number of ether oxygens (including phenoxy) is 1. The normalized spacial score (nSPS) is 21.6. The van der Waals surface area contributed by atoms with Gasteiger partial charge in [0.2, 0.25) is 0 Å². The minimum Gasteiger partial charge on any atom is -0.369 e. The molecule has 0 radical (unpaired) electrons. The summed E-state index contributed by atoms with van der Waals surface area (Å²) in [4.78, 5) is 24.3. The Hall–Kier alpha value is -1.95. The summed E-state index contributed by atoms with van der Waals surface area (Å²) in [6.07, 6.45) is -0.0271. The van der Waals surface area contributed by atoms with Crippen LogP contribution >= 0.6 is 0 Å². The van der Waals surface area contributed by atoms with E-state index in [0.717, 1.165) is 0 Å². The van der Waals surface area contributed by atoms with Gasteiger partial charge in [-0.05, 0) is 32.9 Å². The van der Waals surface area contributed by atoms with E-state index in [1.165, 1.54) is 24.3 Å². The predicted molar refractivity (Wildman–Crippen MR) is 73.6 cm³/mol. The summed E-state index contributed by atoms with van der Waals surface area (Å²) in [7, 11) is 0. The molecule has 1 amide bonds. The fraction of sp³-hybridized carbons (Fsp3) is 0.500. The lowest BCUT2D eigenvalue weighted by molar-refractivity contribution is -0.384. The van der Waals surface area contributed by atoms with E-state index in [2.05, 4.69) is 0 Å². The van der Waals surface area contributed by atoms with E-state index in [9.17, 15) is 14.9 Å². The molecule has 1 fully saturated rings. The van der Waals surface area contributed by atoms with Gasteiger partial charge in [0.1, 0.15) is 0 Å². The Balaban J connectivity index is 2.16. The maximum absolute atomic E-state index is 12.4. The van der Waals surface area contributed by atoms with Crippen molar-refractivity contribution >= 4 is 11.6 Å². The fourth-order valence-corrected chi connectivity index (χ4v) is 2.52. The summed E-state index contributed by atoms with van der Waals surface area (Å²) < 4.78 is 5.76. The van der Waals surface area contributed by atoms with Crippen LogP contribution in [0.2, 0.25) is 0 Å². The van der Waals surface area contributed by atoms with Gasteiger partial charge in [-0.3, -0.25) is 14.9 Å². The maximum Gasteiger partial charge on any atom is 0.269 e. The molecule has 0 bridgehead atoms. The topological polar surface area (TPSA) is 72.7 Å². The largest absolute Gasteiger partial charge is 0.369 e. The van der Waals surface area contributed by atoms with Gasteiger partial charge in [0, 0.05) is 30.8 Å². The van der Waals surface area contributed by atoms with Crippen molar-refractivity contribution in [1.82, 2.24) is 4.90 Å². The second-order valence-electron chi connectivity index (χ2n) is 5.68. The molecule has 1 saturated heterocycles. The average molecular weight is 278 g/mol. The van der Waals surface area contributed by atoms with Crippen LogP contribution in [-0.2, 0) is 4.74 Å². The number of benzene rings is 1. The van der Waals surface area contributed by atoms with E-state index in [1.54, 1.807) is 4.90 Å². The lowest BCUT2D eigenvalue weighted by Gasteiger charge is -2.41. The average Bonchev–Trinajstić information content (AvgIpc) is 2.35. The molecule has 1 aromatic carbocycles. The number of carbonyl (C=O) groups excluding carboxylic acids is 1. The van der Waals surface area contributed by atoms with Gasteiger partial charge >= 0.3 is 0 Å². The van der Waals surface area contributed by atoms with Crippen molar-refractivity contribution in [3.8, 4) is 0 Å². The zero-order valence-corrected chi connectivity index (χ0v) is 11.8. The predicted octanol–water partition coefficient (Wildman–Crippen LogP) is 2.23. The van der Waals surface area contributed by atoms with Crippen LogP contribution in [0, 0.1) is 10.1 Å². The van der Waals surface area contributed by atoms with Gasteiger partial charge in [-0.2, -0.15) is 0 Å². The zero-order valence-electron chi connectivity index (χ0n) is 11.8. The Labute approximate surface area is 117 Å². The number of nitrogens with zero attached hydrogens (tertiary/aromatic N) is 2. The first-order valence-corrected chi connectivity index (χ1v) is 6.50. The second kappa shape index (κ2) is 5.20. The summed E-state index contributed by atoms with van der Waals surface area (Å²) in [5.41, 5.74) is 0.0615. The molecule has 1 aliphatic heterocycles. The molecular weight excluding hydrogens is 260 g/mol. The highest BCUT2D eigenvalue weighted by Gasteiger charge is 2.34. The molecule has 0 saturated carbocycles. The van der Waals surface area contributed by atoms with Crippen molar-refractivity contribution in [1.29, 1.82) is 0 Å². The van der Waals surface area contributed by atoms with E-state index in [4.69, 9.17) is 4.74 Å². The zero-order chi connectivity index (χ0) is 14.9. The summed E-state index contributed by atoms with van der Waals surface area (Å²) >= 11 is 0. The third-order valence-corrected chi connectivity index (χ3v) is 3.18. The third kappa shape index (κ3) is 3.14. The first kappa shape index (κ1) is 14.5. The second-order valence-corrected chi connectivity index (χ2v) is 5.68. The number of non-ortho nitro benzene ring substituents is 1. The van der Waals surface area contributed by atoms with Crippen LogP contribution in [0.5, 0.6) is 0 Å². The molecule has 1 heterocycles. The van der Waals surface area contributed by atoms with E-state index < -0.39 is 4.92 Å². The third-order valence-electron chi connectivity index (χ3n) is 3.18. The standard InChI is InChI=1S/C14H18N2O4/c1-10-8-15(9-14(2,3)20-10)13(17)11-4-6-12(7-5-11)16(18)19/h4-7,10H,8-9H2,1-3H3. The van der Waals surface area contributed by atoms with Crippen LogP contribution in [0.1, 0.15) is 31.1 Å². The first-order chi connectivity index (χ1) is 9.28. The number of carbonyl (C=O) groups is 1. The molecule has 2 rings (SSSR count). The first-order valence-electron chi connectivity index (χ1n) is 6.50. The molecule has 6 heteroatoms. The number of nitro benzene ring substituents is 1. The van der Waals surface area contributed by atoms with Gasteiger partial charge in [0.15, 0.2) is 0 Å².